The molecule has 0 spiro atoms. The summed E-state index contributed by atoms with van der Waals surface area (Å²) < 4.78 is 23.7. The lowest BCUT2D eigenvalue weighted by Gasteiger charge is -2.35. The predicted octanol–water partition coefficient (Wildman–Crippen LogP) is 3.65. The Morgan fingerprint density at radius 1 is 0.893 bits per heavy atom. The summed E-state index contributed by atoms with van der Waals surface area (Å²) in [5.74, 6) is -0.169. The first-order chi connectivity index (χ1) is 13.8. The second-order valence-electron chi connectivity index (χ2n) is 7.36. The van der Waals surface area contributed by atoms with Crippen molar-refractivity contribution in [2.45, 2.75) is 56.9 Å². The van der Waals surface area contributed by atoms with Crippen molar-refractivity contribution < 1.29 is 23.7 Å². The van der Waals surface area contributed by atoms with Crippen molar-refractivity contribution >= 4 is 5.97 Å². The van der Waals surface area contributed by atoms with Crippen molar-refractivity contribution in [3.63, 3.8) is 0 Å². The van der Waals surface area contributed by atoms with Crippen LogP contribution in [0.4, 0.5) is 0 Å². The van der Waals surface area contributed by atoms with E-state index in [1.807, 2.05) is 60.7 Å². The Kier molecular flexibility index (Phi) is 6.37. The number of carbonyl (C=O) groups is 1. The van der Waals surface area contributed by atoms with Crippen molar-refractivity contribution in [3.8, 4) is 0 Å². The third-order valence-electron chi connectivity index (χ3n) is 5.27. The molecule has 0 saturated carbocycles. The fraction of sp³-hybridized carbons (Fsp3) is 0.435. The van der Waals surface area contributed by atoms with Gasteiger partial charge in [-0.2, -0.15) is 0 Å². The molecule has 148 valence electrons. The first-order valence-electron chi connectivity index (χ1n) is 9.90. The van der Waals surface area contributed by atoms with Gasteiger partial charge in [0.25, 0.3) is 0 Å². The molecule has 4 atom stereocenters. The molecule has 2 saturated heterocycles. The summed E-state index contributed by atoms with van der Waals surface area (Å²) in [7, 11) is 0. The standard InChI is InChI=1S/C23H26O5/c24-23-13-21-19(28-23)11-12-20(27-21)22(26-15-18-9-5-2-6-10-18)16-25-14-17-7-3-1-4-8-17/h1-10,19-22H,11-16H2/t19-,20-,21-,22-/m1/s1. The average molecular weight is 382 g/mol. The first kappa shape index (κ1) is 19.1. The highest BCUT2D eigenvalue weighted by atomic mass is 16.6. The number of fused-ring (bicyclic) bond motifs is 1. The molecule has 0 aliphatic carbocycles. The van der Waals surface area contributed by atoms with Crippen LogP contribution in [-0.4, -0.2) is 37.0 Å². The van der Waals surface area contributed by atoms with E-state index in [4.69, 9.17) is 18.9 Å². The van der Waals surface area contributed by atoms with Crippen molar-refractivity contribution in [1.29, 1.82) is 0 Å². The Balaban J connectivity index is 1.36. The number of ether oxygens (including phenoxy) is 4. The second kappa shape index (κ2) is 9.32. The zero-order valence-corrected chi connectivity index (χ0v) is 15.9. The molecule has 0 aromatic heterocycles. The monoisotopic (exact) mass is 382 g/mol. The Morgan fingerprint density at radius 2 is 1.57 bits per heavy atom. The van der Waals surface area contributed by atoms with Crippen LogP contribution in [0.3, 0.4) is 0 Å². The quantitative estimate of drug-likeness (QED) is 0.653. The number of hydrogen-bond donors (Lipinski definition) is 0. The summed E-state index contributed by atoms with van der Waals surface area (Å²) in [6.07, 6.45) is 1.37. The molecule has 2 aromatic carbocycles. The lowest BCUT2D eigenvalue weighted by atomic mass is 9.98. The molecule has 2 aliphatic heterocycles. The lowest BCUT2D eigenvalue weighted by Crippen LogP contribution is -2.44. The maximum Gasteiger partial charge on any atom is 0.308 e. The van der Waals surface area contributed by atoms with E-state index in [1.54, 1.807) is 0 Å². The fourth-order valence-electron chi connectivity index (χ4n) is 3.77. The summed E-state index contributed by atoms with van der Waals surface area (Å²) in [6.45, 7) is 1.48. The van der Waals surface area contributed by atoms with Gasteiger partial charge in [-0.15, -0.1) is 0 Å². The van der Waals surface area contributed by atoms with E-state index in [-0.39, 0.29) is 30.4 Å². The van der Waals surface area contributed by atoms with Gasteiger partial charge in [0.2, 0.25) is 0 Å². The maximum absolute atomic E-state index is 11.6. The molecule has 4 rings (SSSR count). The van der Waals surface area contributed by atoms with Gasteiger partial charge >= 0.3 is 5.97 Å². The van der Waals surface area contributed by atoms with Crippen molar-refractivity contribution in [2.24, 2.45) is 0 Å². The van der Waals surface area contributed by atoms with Crippen LogP contribution in [0.5, 0.6) is 0 Å². The number of esters is 1. The van der Waals surface area contributed by atoms with Gasteiger partial charge in [0.1, 0.15) is 18.3 Å². The second-order valence-corrected chi connectivity index (χ2v) is 7.36. The van der Waals surface area contributed by atoms with Crippen LogP contribution in [0.15, 0.2) is 60.7 Å². The Morgan fingerprint density at radius 3 is 2.29 bits per heavy atom. The van der Waals surface area contributed by atoms with Gasteiger partial charge in [0, 0.05) is 0 Å². The van der Waals surface area contributed by atoms with E-state index in [0.29, 0.717) is 26.2 Å². The molecule has 0 bridgehead atoms. The Bertz CT molecular complexity index is 748. The molecule has 28 heavy (non-hydrogen) atoms. The highest BCUT2D eigenvalue weighted by Crippen LogP contribution is 2.32. The molecule has 0 N–H and O–H groups in total. The van der Waals surface area contributed by atoms with E-state index in [2.05, 4.69) is 0 Å². The van der Waals surface area contributed by atoms with Crippen LogP contribution < -0.4 is 0 Å². The van der Waals surface area contributed by atoms with Crippen molar-refractivity contribution in [3.05, 3.63) is 71.8 Å². The smallest absolute Gasteiger partial charge is 0.308 e. The third-order valence-corrected chi connectivity index (χ3v) is 5.27. The zero-order chi connectivity index (χ0) is 19.2. The molecule has 2 aliphatic rings. The SMILES string of the molecule is O=C1C[C@H]2O[C@@H]([C@@H](COCc3ccccc3)OCc3ccccc3)CC[C@H]2O1. The Labute approximate surface area is 165 Å². The topological polar surface area (TPSA) is 54.0 Å². The zero-order valence-electron chi connectivity index (χ0n) is 15.9. The fourth-order valence-corrected chi connectivity index (χ4v) is 3.77. The maximum atomic E-state index is 11.6. The molecular weight excluding hydrogens is 356 g/mol. The highest BCUT2D eigenvalue weighted by molar-refractivity contribution is 5.72. The number of rotatable bonds is 8. The molecule has 0 unspecified atom stereocenters. The van der Waals surface area contributed by atoms with E-state index < -0.39 is 0 Å². The van der Waals surface area contributed by atoms with Gasteiger partial charge in [0.15, 0.2) is 0 Å². The molecule has 0 radical (unpaired) electrons. The van der Waals surface area contributed by atoms with Gasteiger partial charge in [0.05, 0.1) is 32.3 Å². The summed E-state index contributed by atoms with van der Waals surface area (Å²) in [5, 5.41) is 0. The molecule has 5 nitrogen and oxygen atoms in total. The van der Waals surface area contributed by atoms with Crippen LogP contribution in [0.25, 0.3) is 0 Å². The Hall–Kier alpha value is -2.21. The molecule has 5 heteroatoms. The van der Waals surface area contributed by atoms with Gasteiger partial charge in [-0.05, 0) is 24.0 Å². The molecule has 2 heterocycles. The summed E-state index contributed by atoms with van der Waals surface area (Å²) in [6, 6.07) is 20.2. The van der Waals surface area contributed by atoms with E-state index >= 15 is 0 Å². The highest BCUT2D eigenvalue weighted by Gasteiger charge is 2.43. The number of benzene rings is 2. The average Bonchev–Trinajstić information content (AvgIpc) is 3.11. The van der Waals surface area contributed by atoms with E-state index in [9.17, 15) is 4.79 Å². The van der Waals surface area contributed by atoms with Crippen LogP contribution in [-0.2, 0) is 37.0 Å². The van der Waals surface area contributed by atoms with Gasteiger partial charge < -0.3 is 18.9 Å². The van der Waals surface area contributed by atoms with Gasteiger partial charge in [-0.1, -0.05) is 60.7 Å². The van der Waals surface area contributed by atoms with Crippen LogP contribution in [0, 0.1) is 0 Å². The van der Waals surface area contributed by atoms with Crippen molar-refractivity contribution in [2.75, 3.05) is 6.61 Å². The van der Waals surface area contributed by atoms with E-state index in [1.165, 1.54) is 0 Å². The van der Waals surface area contributed by atoms with Crippen LogP contribution in [0.2, 0.25) is 0 Å². The molecule has 0 amide bonds. The normalized spacial score (nSPS) is 25.1. The molecule has 2 fully saturated rings. The van der Waals surface area contributed by atoms with Gasteiger partial charge in [-0.3, -0.25) is 4.79 Å². The minimum Gasteiger partial charge on any atom is -0.460 e. The lowest BCUT2D eigenvalue weighted by molar-refractivity contribution is -0.168. The minimum atomic E-state index is -0.194. The molecular formula is C23H26O5. The van der Waals surface area contributed by atoms with Crippen molar-refractivity contribution in [1.82, 2.24) is 0 Å². The van der Waals surface area contributed by atoms with Crippen LogP contribution in [0.1, 0.15) is 30.4 Å². The molecule has 2 aromatic rings. The third kappa shape index (κ3) is 4.98. The first-order valence-corrected chi connectivity index (χ1v) is 9.90. The number of hydrogen-bond acceptors (Lipinski definition) is 5. The largest absolute Gasteiger partial charge is 0.460 e. The summed E-state index contributed by atoms with van der Waals surface area (Å²) in [5.41, 5.74) is 2.24. The summed E-state index contributed by atoms with van der Waals surface area (Å²) in [4.78, 5) is 11.6. The van der Waals surface area contributed by atoms with Crippen LogP contribution >= 0.6 is 0 Å². The summed E-state index contributed by atoms with van der Waals surface area (Å²) >= 11 is 0. The predicted molar refractivity (Wildman–Crippen MR) is 104 cm³/mol. The minimum absolute atomic E-state index is 0.102. The van der Waals surface area contributed by atoms with E-state index in [0.717, 1.165) is 24.0 Å². The van der Waals surface area contributed by atoms with Gasteiger partial charge in [-0.25, -0.2) is 0 Å². The number of carbonyl (C=O) groups excluding carboxylic acids is 1.